The van der Waals surface area contributed by atoms with Gasteiger partial charge < -0.3 is 9.64 Å². The molecule has 0 aliphatic heterocycles. The van der Waals surface area contributed by atoms with Crippen LogP contribution in [-0.4, -0.2) is 27.5 Å². The number of hydrogen-bond acceptors (Lipinski definition) is 5. The molecular formula is C22H24N2O4S2. The number of benzene rings is 2. The highest BCUT2D eigenvalue weighted by atomic mass is 32.2. The Balaban J connectivity index is 1.97. The van der Waals surface area contributed by atoms with Crippen LogP contribution in [-0.2, 0) is 16.6 Å². The number of anilines is 1. The lowest BCUT2D eigenvalue weighted by molar-refractivity contribution is 0.0985. The normalized spacial score (nSPS) is 11.5. The van der Waals surface area contributed by atoms with Gasteiger partial charge in [-0.25, -0.2) is 13.1 Å². The first-order chi connectivity index (χ1) is 14.3. The second kappa shape index (κ2) is 9.42. The second-order valence-electron chi connectivity index (χ2n) is 6.97. The average Bonchev–Trinajstić information content (AvgIpc) is 3.24. The molecule has 0 aliphatic rings. The molecule has 1 heterocycles. The first-order valence-electron chi connectivity index (χ1n) is 9.41. The molecule has 0 atom stereocenters. The number of carbonyl (C=O) groups is 1. The van der Waals surface area contributed by atoms with Crippen LogP contribution in [0.5, 0.6) is 5.75 Å². The lowest BCUT2D eigenvalue weighted by Gasteiger charge is -2.23. The zero-order valence-corrected chi connectivity index (χ0v) is 18.7. The van der Waals surface area contributed by atoms with Crippen molar-refractivity contribution in [3.05, 3.63) is 76.5 Å². The molecule has 3 aromatic rings. The molecule has 0 aliphatic carbocycles. The Labute approximate surface area is 181 Å². The van der Waals surface area contributed by atoms with Gasteiger partial charge in [0, 0.05) is 22.2 Å². The van der Waals surface area contributed by atoms with Crippen LogP contribution in [0.25, 0.3) is 0 Å². The maximum absolute atomic E-state index is 13.4. The number of nitrogens with zero attached hydrogens (tertiary/aromatic N) is 1. The first-order valence-corrected chi connectivity index (χ1v) is 11.8. The Kier molecular flexibility index (Phi) is 6.91. The van der Waals surface area contributed by atoms with Crippen LogP contribution < -0.4 is 14.4 Å². The molecule has 0 bridgehead atoms. The molecule has 1 aromatic heterocycles. The minimum absolute atomic E-state index is 0.0628. The van der Waals surface area contributed by atoms with Crippen molar-refractivity contribution in [2.24, 2.45) is 0 Å². The third kappa shape index (κ3) is 5.27. The number of hydrogen-bond donors (Lipinski definition) is 1. The molecule has 6 nitrogen and oxygen atoms in total. The molecule has 3 rings (SSSR count). The zero-order chi connectivity index (χ0) is 21.7. The molecule has 30 heavy (non-hydrogen) atoms. The number of rotatable bonds is 8. The Morgan fingerprint density at radius 3 is 2.43 bits per heavy atom. The summed E-state index contributed by atoms with van der Waals surface area (Å²) in [6.45, 7) is 3.88. The van der Waals surface area contributed by atoms with E-state index in [0.717, 1.165) is 4.88 Å². The molecule has 0 saturated carbocycles. The smallest absolute Gasteiger partial charge is 0.258 e. The van der Waals surface area contributed by atoms with Crippen LogP contribution in [0.3, 0.4) is 0 Å². The van der Waals surface area contributed by atoms with Crippen molar-refractivity contribution in [2.45, 2.75) is 31.3 Å². The quantitative estimate of drug-likeness (QED) is 0.562. The van der Waals surface area contributed by atoms with Gasteiger partial charge in [-0.2, -0.15) is 0 Å². The minimum atomic E-state index is -3.70. The number of thiophene rings is 1. The Hall–Kier alpha value is -2.68. The lowest BCUT2D eigenvalue weighted by atomic mass is 10.1. The van der Waals surface area contributed by atoms with Crippen LogP contribution in [0, 0.1) is 0 Å². The van der Waals surface area contributed by atoms with Crippen LogP contribution in [0.1, 0.15) is 29.1 Å². The van der Waals surface area contributed by atoms with E-state index in [0.29, 0.717) is 23.5 Å². The first kappa shape index (κ1) is 22.0. The van der Waals surface area contributed by atoms with E-state index in [1.807, 2.05) is 29.6 Å². The van der Waals surface area contributed by atoms with Crippen molar-refractivity contribution < 1.29 is 17.9 Å². The molecule has 0 unspecified atom stereocenters. The summed E-state index contributed by atoms with van der Waals surface area (Å²) >= 11 is 1.56. The molecule has 1 amide bonds. The van der Waals surface area contributed by atoms with Crippen LogP contribution >= 0.6 is 11.3 Å². The van der Waals surface area contributed by atoms with E-state index in [4.69, 9.17) is 4.74 Å². The van der Waals surface area contributed by atoms with Gasteiger partial charge in [-0.3, -0.25) is 4.79 Å². The Morgan fingerprint density at radius 1 is 1.10 bits per heavy atom. The SMILES string of the molecule is COc1ccc(N(Cc2cccs2)C(=O)c2cccc(S(=O)(=O)NC(C)C)c2)cc1. The van der Waals surface area contributed by atoms with Gasteiger partial charge in [-0.15, -0.1) is 11.3 Å². The molecule has 0 radical (unpaired) electrons. The van der Waals surface area contributed by atoms with Gasteiger partial charge in [0.05, 0.1) is 18.6 Å². The molecule has 158 valence electrons. The summed E-state index contributed by atoms with van der Waals surface area (Å²) in [7, 11) is -2.12. The predicted octanol–water partition coefficient (Wildman–Crippen LogP) is 4.29. The summed E-state index contributed by atoms with van der Waals surface area (Å²) in [6.07, 6.45) is 0. The molecule has 1 N–H and O–H groups in total. The van der Waals surface area contributed by atoms with Crippen molar-refractivity contribution in [1.29, 1.82) is 0 Å². The maximum Gasteiger partial charge on any atom is 0.258 e. The fraction of sp³-hybridized carbons (Fsp3) is 0.227. The summed E-state index contributed by atoms with van der Waals surface area (Å²) in [6, 6.07) is 17.0. The van der Waals surface area contributed by atoms with E-state index in [-0.39, 0.29) is 16.8 Å². The number of carbonyl (C=O) groups excluding carboxylic acids is 1. The van der Waals surface area contributed by atoms with E-state index >= 15 is 0 Å². The third-order valence-corrected chi connectivity index (χ3v) is 6.82. The van der Waals surface area contributed by atoms with E-state index in [2.05, 4.69) is 4.72 Å². The number of ether oxygens (including phenoxy) is 1. The molecule has 0 saturated heterocycles. The van der Waals surface area contributed by atoms with Crippen LogP contribution in [0.15, 0.2) is 70.9 Å². The molecule has 8 heteroatoms. The Morgan fingerprint density at radius 2 is 1.83 bits per heavy atom. The standard InChI is InChI=1S/C22H24N2O4S2/c1-16(2)23-30(26,27)21-8-4-6-17(14-21)22(25)24(15-20-7-5-13-29-20)18-9-11-19(28-3)12-10-18/h4-14,16,23H,15H2,1-3H3. The number of methoxy groups -OCH3 is 1. The number of amides is 1. The number of nitrogens with one attached hydrogen (secondary N) is 1. The Bertz CT molecular complexity index is 1090. The van der Waals surface area contributed by atoms with Crippen LogP contribution in [0.4, 0.5) is 5.69 Å². The van der Waals surface area contributed by atoms with Crippen molar-refractivity contribution >= 4 is 33.0 Å². The van der Waals surface area contributed by atoms with Gasteiger partial charge in [-0.1, -0.05) is 12.1 Å². The van der Waals surface area contributed by atoms with Gasteiger partial charge in [0.25, 0.3) is 5.91 Å². The monoisotopic (exact) mass is 444 g/mol. The van der Waals surface area contributed by atoms with E-state index in [1.54, 1.807) is 61.5 Å². The summed E-state index contributed by atoms with van der Waals surface area (Å²) < 4.78 is 32.8. The minimum Gasteiger partial charge on any atom is -0.497 e. The highest BCUT2D eigenvalue weighted by Gasteiger charge is 2.22. The number of sulfonamides is 1. The molecule has 2 aromatic carbocycles. The van der Waals surface area contributed by atoms with Crippen molar-refractivity contribution in [1.82, 2.24) is 4.72 Å². The summed E-state index contributed by atoms with van der Waals surface area (Å²) in [5.74, 6) is 0.408. The topological polar surface area (TPSA) is 75.7 Å². The largest absolute Gasteiger partial charge is 0.497 e. The molecule has 0 fully saturated rings. The average molecular weight is 445 g/mol. The summed E-state index contributed by atoms with van der Waals surface area (Å²) in [4.78, 5) is 16.1. The van der Waals surface area contributed by atoms with Crippen molar-refractivity contribution in [2.75, 3.05) is 12.0 Å². The van der Waals surface area contributed by atoms with E-state index < -0.39 is 10.0 Å². The van der Waals surface area contributed by atoms with Gasteiger partial charge in [0.1, 0.15) is 5.75 Å². The summed E-state index contributed by atoms with van der Waals surface area (Å²) in [5.41, 5.74) is 0.997. The van der Waals surface area contributed by atoms with Gasteiger partial charge >= 0.3 is 0 Å². The van der Waals surface area contributed by atoms with Crippen LogP contribution in [0.2, 0.25) is 0 Å². The highest BCUT2D eigenvalue weighted by molar-refractivity contribution is 7.89. The predicted molar refractivity (Wildman–Crippen MR) is 120 cm³/mol. The fourth-order valence-electron chi connectivity index (χ4n) is 2.93. The molecular weight excluding hydrogens is 420 g/mol. The van der Waals surface area contributed by atoms with E-state index in [1.165, 1.54) is 12.1 Å². The fourth-order valence-corrected chi connectivity index (χ4v) is 4.92. The summed E-state index contributed by atoms with van der Waals surface area (Å²) in [5, 5.41) is 1.96. The van der Waals surface area contributed by atoms with E-state index in [9.17, 15) is 13.2 Å². The lowest BCUT2D eigenvalue weighted by Crippen LogP contribution is -2.32. The van der Waals surface area contributed by atoms with Crippen molar-refractivity contribution in [3.63, 3.8) is 0 Å². The van der Waals surface area contributed by atoms with Gasteiger partial charge in [-0.05, 0) is 67.8 Å². The van der Waals surface area contributed by atoms with Gasteiger partial charge in [0.2, 0.25) is 10.0 Å². The van der Waals surface area contributed by atoms with Crippen molar-refractivity contribution in [3.8, 4) is 5.75 Å². The maximum atomic E-state index is 13.4. The molecule has 0 spiro atoms. The highest BCUT2D eigenvalue weighted by Crippen LogP contribution is 2.25. The third-order valence-electron chi connectivity index (χ3n) is 4.31. The second-order valence-corrected chi connectivity index (χ2v) is 9.72. The van der Waals surface area contributed by atoms with Gasteiger partial charge in [0.15, 0.2) is 0 Å². The zero-order valence-electron chi connectivity index (χ0n) is 17.0.